The van der Waals surface area contributed by atoms with E-state index in [2.05, 4.69) is 73.2 Å². The number of benzene rings is 2. The highest BCUT2D eigenvalue weighted by molar-refractivity contribution is 5.85. The normalized spacial score (nSPS) is 22.0. The van der Waals surface area contributed by atoms with Gasteiger partial charge in [0.15, 0.2) is 11.5 Å². The van der Waals surface area contributed by atoms with Crippen molar-refractivity contribution in [3.05, 3.63) is 83.0 Å². The zero-order valence-corrected chi connectivity index (χ0v) is 33.8. The Kier molecular flexibility index (Phi) is 12.6. The summed E-state index contributed by atoms with van der Waals surface area (Å²) in [7, 11) is 3.81. The molecule has 2 amide bonds. The predicted molar refractivity (Wildman–Crippen MR) is 212 cm³/mol. The van der Waals surface area contributed by atoms with E-state index in [9.17, 15) is 14.9 Å². The number of methoxy groups -OCH3 is 1. The zero-order chi connectivity index (χ0) is 40.4. The molecule has 2 aromatic rings. The lowest BCUT2D eigenvalue weighted by atomic mass is 9.71. The van der Waals surface area contributed by atoms with E-state index in [-0.39, 0.29) is 44.5 Å². The number of aryl methyl sites for hydroxylation is 1. The highest BCUT2D eigenvalue weighted by Crippen LogP contribution is 2.56. The minimum absolute atomic E-state index is 0.0857. The molecule has 2 N–H and O–H groups in total. The van der Waals surface area contributed by atoms with Gasteiger partial charge < -0.3 is 34.3 Å². The van der Waals surface area contributed by atoms with Crippen LogP contribution in [0.1, 0.15) is 78.7 Å². The molecule has 3 heterocycles. The molecule has 5 rings (SSSR count). The Hall–Kier alpha value is -4.99. The van der Waals surface area contributed by atoms with E-state index >= 15 is 0 Å². The van der Waals surface area contributed by atoms with Crippen molar-refractivity contribution in [2.75, 3.05) is 40.5 Å². The first kappa shape index (κ1) is 41.2. The van der Waals surface area contributed by atoms with E-state index in [0.29, 0.717) is 30.1 Å². The highest BCUT2D eigenvalue weighted by atomic mass is 16.6. The van der Waals surface area contributed by atoms with E-state index in [0.717, 1.165) is 33.6 Å². The minimum atomic E-state index is -0.912. The third-order valence-electron chi connectivity index (χ3n) is 10.8. The lowest BCUT2D eigenvalue weighted by Gasteiger charge is -2.60. The molecule has 0 unspecified atom stereocenters. The fourth-order valence-corrected chi connectivity index (χ4v) is 8.74. The number of rotatable bonds is 14. The Labute approximate surface area is 326 Å². The number of alkyl carbamates (subject to hydrolysis) is 1. The Balaban J connectivity index is 1.74. The van der Waals surface area contributed by atoms with Crippen molar-refractivity contribution in [2.24, 2.45) is 0 Å². The van der Waals surface area contributed by atoms with Crippen LogP contribution in [-0.4, -0.2) is 92.1 Å². The van der Waals surface area contributed by atoms with Gasteiger partial charge in [0.05, 0.1) is 25.3 Å². The van der Waals surface area contributed by atoms with E-state index in [1.807, 2.05) is 6.92 Å². The maximum Gasteiger partial charge on any atom is 0.408 e. The molecule has 1 fully saturated rings. The van der Waals surface area contributed by atoms with Gasteiger partial charge in [-0.25, -0.2) is 4.79 Å². The van der Waals surface area contributed by atoms with Crippen LogP contribution in [0.2, 0.25) is 0 Å². The first-order chi connectivity index (χ1) is 26.1. The van der Waals surface area contributed by atoms with Gasteiger partial charge in [-0.05, 0) is 90.6 Å². The summed E-state index contributed by atoms with van der Waals surface area (Å²) in [5, 5.41) is 16.9. The first-order valence-corrected chi connectivity index (χ1v) is 18.9. The maximum atomic E-state index is 13.8. The molecular formula is C43H57N5O7. The van der Waals surface area contributed by atoms with E-state index < -0.39 is 35.7 Å². The number of hydrogen-bond acceptors (Lipinski definition) is 10. The fraction of sp³-hybridized carbons (Fsp3) is 0.512. The Morgan fingerprint density at radius 1 is 0.945 bits per heavy atom. The molecule has 2 bridgehead atoms. The third-order valence-corrected chi connectivity index (χ3v) is 10.8. The number of nitrogens with zero attached hydrogens (tertiary/aromatic N) is 3. The molecule has 296 valence electrons. The summed E-state index contributed by atoms with van der Waals surface area (Å²) < 4.78 is 30.7. The molecule has 12 nitrogen and oxygen atoms in total. The topological polar surface area (TPSA) is 135 Å². The average molecular weight is 756 g/mol. The van der Waals surface area contributed by atoms with Crippen molar-refractivity contribution in [3.63, 3.8) is 0 Å². The maximum absolute atomic E-state index is 13.8. The van der Waals surface area contributed by atoms with Crippen LogP contribution < -0.4 is 29.6 Å². The van der Waals surface area contributed by atoms with Crippen molar-refractivity contribution in [1.82, 2.24) is 20.4 Å². The summed E-state index contributed by atoms with van der Waals surface area (Å²) in [4.78, 5) is 31.0. The molecule has 0 aromatic heterocycles. The van der Waals surface area contributed by atoms with Crippen molar-refractivity contribution in [1.29, 1.82) is 5.26 Å². The second kappa shape index (κ2) is 16.8. The van der Waals surface area contributed by atoms with E-state index in [1.165, 1.54) is 11.1 Å². The van der Waals surface area contributed by atoms with Gasteiger partial charge in [-0.2, -0.15) is 5.26 Å². The predicted octanol–water partition coefficient (Wildman–Crippen LogP) is 6.12. The van der Waals surface area contributed by atoms with Gasteiger partial charge in [0.25, 0.3) is 0 Å². The second-order valence-electron chi connectivity index (χ2n) is 15.5. The molecule has 0 radical (unpaired) electrons. The molecule has 0 spiro atoms. The number of carbonyl (C=O) groups excluding carboxylic acids is 2. The third kappa shape index (κ3) is 7.91. The van der Waals surface area contributed by atoms with Gasteiger partial charge in [0.2, 0.25) is 5.91 Å². The average Bonchev–Trinajstić information content (AvgIpc) is 3.11. The smallest absolute Gasteiger partial charge is 0.408 e. The molecule has 3 aliphatic heterocycles. The summed E-state index contributed by atoms with van der Waals surface area (Å²) in [6.45, 7) is 25.4. The number of nitriles is 1. The lowest BCUT2D eigenvalue weighted by Crippen LogP contribution is -2.69. The second-order valence-corrected chi connectivity index (χ2v) is 15.5. The van der Waals surface area contributed by atoms with E-state index in [4.69, 9.17) is 23.7 Å². The standard InChI is InChI=1S/C43H57N5O7/c1-13-16-52-38-26(6)39(53-17-14-2)40(54-18-15-3)35-29(38)21-31-36-34-25(5)37(51-12)24(4)19-28(34)20-30(47(36)11)32(22-44)48(31)33(35)23-45-41(49)27(7)46-42(50)55-43(8,9)10/h13-15,19,27,30-33,36H,1-3,16-18,20-21,23H2,4-12H3,(H,45,49)(H,46,50)/t27-,30+,31-,32-,33-,36+/m0/s1. The minimum Gasteiger partial charge on any atom is -0.496 e. The SMILES string of the molecule is C=CCOc1c(C)c(OCC=C)c(OCC=C)c2c1C[C@H]1[C@@H]3c4c(cc(C)c(OC)c4C)C[C@H]([C@H](C#N)N1[C@H]2CNC(=O)[C@H](C)NC(=O)OC(C)(C)C)N3C. The van der Waals surface area contributed by atoms with Gasteiger partial charge in [0, 0.05) is 35.3 Å². The molecule has 12 heteroatoms. The molecule has 0 saturated carbocycles. The van der Waals surface area contributed by atoms with Crippen molar-refractivity contribution in [2.45, 2.75) is 103 Å². The molecule has 0 aliphatic carbocycles. The van der Waals surface area contributed by atoms with Gasteiger partial charge in [-0.15, -0.1) is 0 Å². The van der Waals surface area contributed by atoms with Crippen molar-refractivity contribution in [3.8, 4) is 29.1 Å². The lowest BCUT2D eigenvalue weighted by molar-refractivity contribution is -0.123. The number of likely N-dealkylation sites (N-methyl/N-ethyl adjacent to an activating group) is 1. The van der Waals surface area contributed by atoms with Crippen LogP contribution in [0.25, 0.3) is 0 Å². The number of amides is 2. The van der Waals surface area contributed by atoms with Gasteiger partial charge >= 0.3 is 6.09 Å². The van der Waals surface area contributed by atoms with Gasteiger partial charge in [-0.3, -0.25) is 14.6 Å². The zero-order valence-electron chi connectivity index (χ0n) is 33.8. The highest BCUT2D eigenvalue weighted by Gasteiger charge is 2.56. The van der Waals surface area contributed by atoms with Gasteiger partial charge in [-0.1, -0.05) is 44.0 Å². The van der Waals surface area contributed by atoms with Crippen LogP contribution in [0.4, 0.5) is 4.79 Å². The number of hydrogen-bond donors (Lipinski definition) is 2. The number of nitrogens with one attached hydrogen (secondary N) is 2. The number of fused-ring (bicyclic) bond motifs is 7. The summed E-state index contributed by atoms with van der Waals surface area (Å²) in [5.74, 6) is 2.06. The fourth-order valence-electron chi connectivity index (χ4n) is 8.74. The number of carbonyl (C=O) groups is 2. The molecule has 55 heavy (non-hydrogen) atoms. The summed E-state index contributed by atoms with van der Waals surface area (Å²) >= 11 is 0. The largest absolute Gasteiger partial charge is 0.496 e. The number of piperazine rings is 1. The van der Waals surface area contributed by atoms with Crippen LogP contribution >= 0.6 is 0 Å². The van der Waals surface area contributed by atoms with Crippen LogP contribution in [0.15, 0.2) is 44.0 Å². The summed E-state index contributed by atoms with van der Waals surface area (Å²) in [6, 6.07) is 2.31. The molecule has 6 atom stereocenters. The van der Waals surface area contributed by atoms with Crippen LogP contribution in [-0.2, 0) is 22.4 Å². The summed E-state index contributed by atoms with van der Waals surface area (Å²) in [5.41, 5.74) is 6.21. The molecule has 2 aromatic carbocycles. The van der Waals surface area contributed by atoms with E-state index in [1.54, 1.807) is 53.0 Å². The van der Waals surface area contributed by atoms with Crippen LogP contribution in [0.5, 0.6) is 23.0 Å². The Morgan fingerprint density at radius 3 is 2.15 bits per heavy atom. The van der Waals surface area contributed by atoms with Gasteiger partial charge in [0.1, 0.15) is 49.0 Å². The molecule has 1 saturated heterocycles. The van der Waals surface area contributed by atoms with Crippen molar-refractivity contribution < 1.29 is 33.3 Å². The van der Waals surface area contributed by atoms with Crippen LogP contribution in [0, 0.1) is 32.1 Å². The Bertz CT molecular complexity index is 1880. The molecular weight excluding hydrogens is 699 g/mol. The van der Waals surface area contributed by atoms with Crippen LogP contribution in [0.3, 0.4) is 0 Å². The Morgan fingerprint density at radius 2 is 1.56 bits per heavy atom. The first-order valence-electron chi connectivity index (χ1n) is 18.9. The summed E-state index contributed by atoms with van der Waals surface area (Å²) in [6.07, 6.45) is 5.50. The monoisotopic (exact) mass is 755 g/mol. The number of ether oxygens (including phenoxy) is 5. The quantitative estimate of drug-likeness (QED) is 0.218. The molecule has 3 aliphatic rings. The van der Waals surface area contributed by atoms with Crippen molar-refractivity contribution >= 4 is 12.0 Å².